The van der Waals surface area contributed by atoms with Gasteiger partial charge in [-0.05, 0) is 46.8 Å². The molecule has 6 heteroatoms. The zero-order valence-corrected chi connectivity index (χ0v) is 15.5. The lowest BCUT2D eigenvalue weighted by atomic mass is 9.98. The van der Waals surface area contributed by atoms with Gasteiger partial charge in [-0.3, -0.25) is 4.55 Å². The average Bonchev–Trinajstić information content (AvgIpc) is 2.72. The summed E-state index contributed by atoms with van der Waals surface area (Å²) < 4.78 is 32.8. The number of fused-ring (bicyclic) bond motifs is 1. The van der Waals surface area contributed by atoms with Crippen molar-refractivity contribution < 1.29 is 13.0 Å². The Kier molecular flexibility index (Phi) is 4.73. The van der Waals surface area contributed by atoms with Crippen molar-refractivity contribution in [2.45, 2.75) is 4.90 Å². The number of benzene rings is 4. The predicted octanol–water partition coefficient (Wildman–Crippen LogP) is 6.17. The van der Waals surface area contributed by atoms with Gasteiger partial charge in [0.1, 0.15) is 4.90 Å². The lowest BCUT2D eigenvalue weighted by Crippen LogP contribution is -1.99. The minimum atomic E-state index is -4.30. The van der Waals surface area contributed by atoms with Crippen molar-refractivity contribution in [2.24, 2.45) is 10.2 Å². The molecule has 4 aromatic rings. The molecule has 0 amide bonds. The summed E-state index contributed by atoms with van der Waals surface area (Å²) in [6.07, 6.45) is 0. The molecule has 0 saturated carbocycles. The molecule has 0 aliphatic heterocycles. The summed E-state index contributed by atoms with van der Waals surface area (Å²) >= 11 is 0. The van der Waals surface area contributed by atoms with E-state index >= 15 is 0 Å². The third-order valence-corrected chi connectivity index (χ3v) is 5.29. The Labute approximate surface area is 162 Å². The zero-order valence-electron chi connectivity index (χ0n) is 14.7. The molecule has 0 radical (unpaired) electrons. The van der Waals surface area contributed by atoms with Crippen LogP contribution in [0, 0.1) is 0 Å². The summed E-state index contributed by atoms with van der Waals surface area (Å²) in [5, 5.41) is 9.66. The van der Waals surface area contributed by atoms with Crippen LogP contribution in [0.1, 0.15) is 0 Å². The summed E-state index contributed by atoms with van der Waals surface area (Å²) in [4.78, 5) is -0.0971. The van der Waals surface area contributed by atoms with Crippen LogP contribution in [0.25, 0.3) is 21.9 Å². The second kappa shape index (κ2) is 7.34. The monoisotopic (exact) mass is 388 g/mol. The molecule has 4 aromatic carbocycles. The predicted molar refractivity (Wildman–Crippen MR) is 110 cm³/mol. The average molecular weight is 388 g/mol. The molecule has 0 aliphatic carbocycles. The first-order valence-electron chi connectivity index (χ1n) is 8.59. The van der Waals surface area contributed by atoms with Crippen LogP contribution in [0.3, 0.4) is 0 Å². The Morgan fingerprint density at radius 3 is 1.82 bits per heavy atom. The topological polar surface area (TPSA) is 79.1 Å². The van der Waals surface area contributed by atoms with Gasteiger partial charge in [0.2, 0.25) is 0 Å². The van der Waals surface area contributed by atoms with Crippen molar-refractivity contribution in [3.05, 3.63) is 91.0 Å². The molecule has 5 nitrogen and oxygen atoms in total. The van der Waals surface area contributed by atoms with Crippen molar-refractivity contribution >= 4 is 32.3 Å². The van der Waals surface area contributed by atoms with E-state index in [1.54, 1.807) is 18.2 Å². The maximum absolute atomic E-state index is 11.7. The first kappa shape index (κ1) is 18.0. The molecule has 0 atom stereocenters. The molecule has 0 bridgehead atoms. The second-order valence-corrected chi connectivity index (χ2v) is 7.60. The highest BCUT2D eigenvalue weighted by Crippen LogP contribution is 2.33. The smallest absolute Gasteiger partial charge is 0.282 e. The summed E-state index contributed by atoms with van der Waals surface area (Å²) in [6, 6.07) is 27.2. The molecule has 4 rings (SSSR count). The largest absolute Gasteiger partial charge is 0.295 e. The number of hydrogen-bond acceptors (Lipinski definition) is 4. The van der Waals surface area contributed by atoms with Crippen LogP contribution >= 0.6 is 0 Å². The fourth-order valence-electron chi connectivity index (χ4n) is 3.07. The first-order chi connectivity index (χ1) is 13.5. The van der Waals surface area contributed by atoms with Crippen molar-refractivity contribution in [3.8, 4) is 11.1 Å². The van der Waals surface area contributed by atoms with E-state index in [0.717, 1.165) is 22.2 Å². The minimum absolute atomic E-state index is 0.0971. The van der Waals surface area contributed by atoms with Crippen LogP contribution in [0.4, 0.5) is 11.4 Å². The fourth-order valence-corrected chi connectivity index (χ4v) is 3.76. The molecule has 0 fully saturated rings. The third kappa shape index (κ3) is 3.69. The Bertz CT molecular complexity index is 1270. The SMILES string of the molecule is O=S(=O)(O)c1ccc(-c2ccc(N=Nc3ccccc3)cc2)c2ccccc12. The summed E-state index contributed by atoms with van der Waals surface area (Å²) in [7, 11) is -4.30. The molecule has 0 saturated heterocycles. The van der Waals surface area contributed by atoms with Gasteiger partial charge in [-0.15, -0.1) is 0 Å². The second-order valence-electron chi connectivity index (χ2n) is 6.21. The Morgan fingerprint density at radius 1 is 0.607 bits per heavy atom. The quantitative estimate of drug-likeness (QED) is 0.335. The molecule has 28 heavy (non-hydrogen) atoms. The van der Waals surface area contributed by atoms with Crippen molar-refractivity contribution in [1.82, 2.24) is 0 Å². The molecule has 0 unspecified atom stereocenters. The maximum Gasteiger partial charge on any atom is 0.295 e. The minimum Gasteiger partial charge on any atom is -0.282 e. The molecule has 0 aromatic heterocycles. The number of rotatable bonds is 4. The highest BCUT2D eigenvalue weighted by molar-refractivity contribution is 7.86. The highest BCUT2D eigenvalue weighted by Gasteiger charge is 2.16. The van der Waals surface area contributed by atoms with Crippen LogP contribution in [0.5, 0.6) is 0 Å². The lowest BCUT2D eigenvalue weighted by Gasteiger charge is -2.10. The third-order valence-electron chi connectivity index (χ3n) is 4.38. The normalized spacial score (nSPS) is 11.9. The van der Waals surface area contributed by atoms with E-state index in [1.165, 1.54) is 6.07 Å². The van der Waals surface area contributed by atoms with Gasteiger partial charge in [-0.25, -0.2) is 0 Å². The maximum atomic E-state index is 11.7. The van der Waals surface area contributed by atoms with E-state index < -0.39 is 10.1 Å². The summed E-state index contributed by atoms with van der Waals surface area (Å²) in [5.41, 5.74) is 3.27. The van der Waals surface area contributed by atoms with Crippen LogP contribution in [0.2, 0.25) is 0 Å². The van der Waals surface area contributed by atoms with E-state index in [1.807, 2.05) is 66.7 Å². The van der Waals surface area contributed by atoms with Crippen LogP contribution in [0.15, 0.2) is 106 Å². The molecular formula is C22H16N2O3S. The summed E-state index contributed by atoms with van der Waals surface area (Å²) in [6.45, 7) is 0. The van der Waals surface area contributed by atoms with Gasteiger partial charge < -0.3 is 0 Å². The van der Waals surface area contributed by atoms with Gasteiger partial charge >= 0.3 is 0 Å². The lowest BCUT2D eigenvalue weighted by molar-refractivity contribution is 0.484. The van der Waals surface area contributed by atoms with Gasteiger partial charge in [0.25, 0.3) is 10.1 Å². The molecule has 0 spiro atoms. The van der Waals surface area contributed by atoms with E-state index in [2.05, 4.69) is 10.2 Å². The van der Waals surface area contributed by atoms with Crippen LogP contribution in [-0.4, -0.2) is 13.0 Å². The Morgan fingerprint density at radius 2 is 1.18 bits per heavy atom. The van der Waals surface area contributed by atoms with E-state index in [9.17, 15) is 13.0 Å². The number of hydrogen-bond donors (Lipinski definition) is 1. The Hall–Kier alpha value is -3.35. The molecule has 0 heterocycles. The number of nitrogens with zero attached hydrogens (tertiary/aromatic N) is 2. The van der Waals surface area contributed by atoms with E-state index in [0.29, 0.717) is 11.1 Å². The zero-order chi connectivity index (χ0) is 19.6. The number of azo groups is 1. The first-order valence-corrected chi connectivity index (χ1v) is 10.0. The van der Waals surface area contributed by atoms with Crippen molar-refractivity contribution in [1.29, 1.82) is 0 Å². The highest BCUT2D eigenvalue weighted by atomic mass is 32.2. The molecular weight excluding hydrogens is 372 g/mol. The molecule has 1 N–H and O–H groups in total. The molecule has 138 valence electrons. The van der Waals surface area contributed by atoms with Gasteiger partial charge in [0, 0.05) is 5.39 Å². The van der Waals surface area contributed by atoms with Crippen molar-refractivity contribution in [3.63, 3.8) is 0 Å². The van der Waals surface area contributed by atoms with Gasteiger partial charge in [0.05, 0.1) is 11.4 Å². The molecule has 0 aliphatic rings. The fraction of sp³-hybridized carbons (Fsp3) is 0. The summed E-state index contributed by atoms with van der Waals surface area (Å²) in [5.74, 6) is 0. The van der Waals surface area contributed by atoms with Crippen LogP contribution < -0.4 is 0 Å². The van der Waals surface area contributed by atoms with Gasteiger partial charge in [-0.1, -0.05) is 60.7 Å². The van der Waals surface area contributed by atoms with Crippen molar-refractivity contribution in [2.75, 3.05) is 0 Å². The van der Waals surface area contributed by atoms with Gasteiger partial charge in [-0.2, -0.15) is 18.6 Å². The van der Waals surface area contributed by atoms with E-state index in [-0.39, 0.29) is 4.90 Å². The van der Waals surface area contributed by atoms with Gasteiger partial charge in [0.15, 0.2) is 0 Å². The van der Waals surface area contributed by atoms with Crippen LogP contribution in [-0.2, 0) is 10.1 Å². The van der Waals surface area contributed by atoms with E-state index in [4.69, 9.17) is 0 Å². The standard InChI is InChI=1S/C22H16N2O3S/c25-28(26,27)22-15-14-19(20-8-4-5-9-21(20)22)16-10-12-18(13-11-16)24-23-17-6-2-1-3-7-17/h1-15H,(H,25,26,27). The Balaban J connectivity index is 1.72.